The lowest BCUT2D eigenvalue weighted by Crippen LogP contribution is -2.33. The van der Waals surface area contributed by atoms with Gasteiger partial charge in [0.15, 0.2) is 0 Å². The van der Waals surface area contributed by atoms with Crippen LogP contribution in [-0.4, -0.2) is 33.5 Å². The second-order valence-electron chi connectivity index (χ2n) is 8.27. The molecule has 172 valence electrons. The first-order valence-corrected chi connectivity index (χ1v) is 11.3. The minimum atomic E-state index is -0.380. The Hall–Kier alpha value is -4.19. The van der Waals surface area contributed by atoms with Gasteiger partial charge in [-0.2, -0.15) is 5.10 Å². The van der Waals surface area contributed by atoms with Crippen molar-refractivity contribution in [1.29, 1.82) is 0 Å². The van der Waals surface area contributed by atoms with Crippen molar-refractivity contribution in [3.63, 3.8) is 0 Å². The van der Waals surface area contributed by atoms with Crippen molar-refractivity contribution in [2.24, 2.45) is 0 Å². The first-order chi connectivity index (χ1) is 16.5. The number of para-hydroxylation sites is 1. The van der Waals surface area contributed by atoms with Crippen LogP contribution < -0.4 is 5.32 Å². The summed E-state index contributed by atoms with van der Waals surface area (Å²) in [5.41, 5.74) is 4.64. The van der Waals surface area contributed by atoms with Gasteiger partial charge in [-0.1, -0.05) is 78.9 Å². The SMILES string of the molecule is CC(=O)NC(CC(=O)N(C)Cc1cn(-c2ccccc2)nc1-c1ccccc1)c1ccccc1. The molecule has 6 nitrogen and oxygen atoms in total. The lowest BCUT2D eigenvalue weighted by molar-refractivity contribution is -0.131. The van der Waals surface area contributed by atoms with Crippen LogP contribution in [0.15, 0.2) is 97.2 Å². The topological polar surface area (TPSA) is 67.2 Å². The number of benzene rings is 3. The van der Waals surface area contributed by atoms with Crippen molar-refractivity contribution in [2.45, 2.75) is 25.9 Å². The van der Waals surface area contributed by atoms with Gasteiger partial charge in [0.1, 0.15) is 0 Å². The van der Waals surface area contributed by atoms with E-state index in [9.17, 15) is 9.59 Å². The smallest absolute Gasteiger partial charge is 0.225 e. The van der Waals surface area contributed by atoms with Crippen molar-refractivity contribution < 1.29 is 9.59 Å². The van der Waals surface area contributed by atoms with Gasteiger partial charge in [0.25, 0.3) is 0 Å². The fourth-order valence-corrected chi connectivity index (χ4v) is 3.93. The molecule has 0 radical (unpaired) electrons. The first kappa shape index (κ1) is 23.0. The maximum atomic E-state index is 13.2. The number of carbonyl (C=O) groups excluding carboxylic acids is 2. The second-order valence-corrected chi connectivity index (χ2v) is 8.27. The highest BCUT2D eigenvalue weighted by molar-refractivity contribution is 5.79. The van der Waals surface area contributed by atoms with E-state index in [0.717, 1.165) is 28.1 Å². The summed E-state index contributed by atoms with van der Waals surface area (Å²) in [7, 11) is 1.78. The Balaban J connectivity index is 1.57. The van der Waals surface area contributed by atoms with Gasteiger partial charge in [-0.05, 0) is 17.7 Å². The van der Waals surface area contributed by atoms with E-state index in [1.165, 1.54) is 6.92 Å². The molecule has 4 rings (SSSR count). The van der Waals surface area contributed by atoms with Crippen molar-refractivity contribution in [3.8, 4) is 16.9 Å². The molecule has 0 saturated heterocycles. The zero-order valence-corrected chi connectivity index (χ0v) is 19.4. The summed E-state index contributed by atoms with van der Waals surface area (Å²) in [6, 6.07) is 29.1. The molecule has 1 heterocycles. The van der Waals surface area contributed by atoms with Gasteiger partial charge in [0.05, 0.1) is 23.8 Å². The van der Waals surface area contributed by atoms with Gasteiger partial charge >= 0.3 is 0 Å². The summed E-state index contributed by atoms with van der Waals surface area (Å²) in [5.74, 6) is -0.228. The Kier molecular flexibility index (Phi) is 7.18. The van der Waals surface area contributed by atoms with Crippen LogP contribution in [0, 0.1) is 0 Å². The normalized spacial score (nSPS) is 11.6. The molecule has 3 aromatic carbocycles. The van der Waals surface area contributed by atoms with E-state index in [1.54, 1.807) is 11.9 Å². The number of hydrogen-bond acceptors (Lipinski definition) is 3. The molecule has 0 aliphatic carbocycles. The van der Waals surface area contributed by atoms with Gasteiger partial charge in [-0.3, -0.25) is 9.59 Å². The molecule has 1 unspecified atom stereocenters. The third kappa shape index (κ3) is 5.59. The number of aromatic nitrogens is 2. The molecule has 6 heteroatoms. The van der Waals surface area contributed by atoms with Gasteiger partial charge < -0.3 is 10.2 Å². The van der Waals surface area contributed by atoms with Crippen molar-refractivity contribution in [1.82, 2.24) is 20.0 Å². The molecule has 0 fully saturated rings. The molecule has 1 atom stereocenters. The van der Waals surface area contributed by atoms with E-state index in [4.69, 9.17) is 5.10 Å². The molecule has 4 aromatic rings. The molecule has 2 amide bonds. The van der Waals surface area contributed by atoms with Crippen LogP contribution in [0.25, 0.3) is 16.9 Å². The second kappa shape index (κ2) is 10.6. The third-order valence-corrected chi connectivity index (χ3v) is 5.65. The van der Waals surface area contributed by atoms with Gasteiger partial charge in [0, 0.05) is 37.8 Å². The summed E-state index contributed by atoms with van der Waals surface area (Å²) >= 11 is 0. The van der Waals surface area contributed by atoms with Crippen LogP contribution in [0.5, 0.6) is 0 Å². The van der Waals surface area contributed by atoms with Crippen LogP contribution in [0.2, 0.25) is 0 Å². The number of amides is 2. The number of nitrogens with zero attached hydrogens (tertiary/aromatic N) is 3. The fourth-order valence-electron chi connectivity index (χ4n) is 3.93. The molecule has 0 bridgehead atoms. The van der Waals surface area contributed by atoms with E-state index in [0.29, 0.717) is 6.54 Å². The molecule has 1 N–H and O–H groups in total. The Bertz CT molecular complexity index is 1240. The molecule has 0 spiro atoms. The molecule has 0 saturated carbocycles. The van der Waals surface area contributed by atoms with Crippen LogP contribution >= 0.6 is 0 Å². The molecule has 0 aliphatic rings. The fraction of sp³-hybridized carbons (Fsp3) is 0.179. The quantitative estimate of drug-likeness (QED) is 0.419. The molecular weight excluding hydrogens is 424 g/mol. The Labute approximate surface area is 199 Å². The van der Waals surface area contributed by atoms with E-state index >= 15 is 0 Å². The lowest BCUT2D eigenvalue weighted by Gasteiger charge is -2.22. The van der Waals surface area contributed by atoms with Crippen LogP contribution in [0.1, 0.15) is 30.5 Å². The standard InChI is InChI=1S/C28H28N4O2/c1-21(33)29-26(22-12-6-3-7-13-22)18-27(34)31(2)19-24-20-32(25-16-10-5-11-17-25)30-28(24)23-14-8-4-9-15-23/h3-17,20,26H,18-19H2,1-2H3,(H,29,33). The summed E-state index contributed by atoms with van der Waals surface area (Å²) in [5, 5.41) is 7.74. The van der Waals surface area contributed by atoms with Gasteiger partial charge in [-0.25, -0.2) is 4.68 Å². The number of nitrogens with one attached hydrogen (secondary N) is 1. The monoisotopic (exact) mass is 452 g/mol. The Morgan fingerprint density at radius 3 is 2.12 bits per heavy atom. The predicted molar refractivity (Wildman–Crippen MR) is 133 cm³/mol. The number of hydrogen-bond donors (Lipinski definition) is 1. The molecule has 0 aliphatic heterocycles. The van der Waals surface area contributed by atoms with Crippen molar-refractivity contribution in [3.05, 3.63) is 108 Å². The summed E-state index contributed by atoms with van der Waals surface area (Å²) in [4.78, 5) is 26.6. The minimum Gasteiger partial charge on any atom is -0.349 e. The highest BCUT2D eigenvalue weighted by atomic mass is 16.2. The molecular formula is C28H28N4O2. The summed E-state index contributed by atoms with van der Waals surface area (Å²) < 4.78 is 1.85. The summed E-state index contributed by atoms with van der Waals surface area (Å²) in [6.45, 7) is 1.87. The molecule has 34 heavy (non-hydrogen) atoms. The first-order valence-electron chi connectivity index (χ1n) is 11.3. The largest absolute Gasteiger partial charge is 0.349 e. The van der Waals surface area contributed by atoms with Crippen LogP contribution in [0.3, 0.4) is 0 Å². The van der Waals surface area contributed by atoms with Crippen LogP contribution in [-0.2, 0) is 16.1 Å². The van der Waals surface area contributed by atoms with E-state index in [2.05, 4.69) is 5.32 Å². The highest BCUT2D eigenvalue weighted by Crippen LogP contribution is 2.25. The average molecular weight is 453 g/mol. The van der Waals surface area contributed by atoms with Gasteiger partial charge in [-0.15, -0.1) is 0 Å². The number of carbonyl (C=O) groups is 2. The van der Waals surface area contributed by atoms with Crippen LogP contribution in [0.4, 0.5) is 0 Å². The highest BCUT2D eigenvalue weighted by Gasteiger charge is 2.21. The maximum Gasteiger partial charge on any atom is 0.225 e. The van der Waals surface area contributed by atoms with Crippen molar-refractivity contribution in [2.75, 3.05) is 7.05 Å². The van der Waals surface area contributed by atoms with Crippen molar-refractivity contribution >= 4 is 11.8 Å². The van der Waals surface area contributed by atoms with Gasteiger partial charge in [0.2, 0.25) is 11.8 Å². The molecule has 1 aromatic heterocycles. The average Bonchev–Trinajstić information content (AvgIpc) is 3.28. The van der Waals surface area contributed by atoms with E-state index in [1.807, 2.05) is 102 Å². The third-order valence-electron chi connectivity index (χ3n) is 5.65. The Morgan fingerprint density at radius 2 is 1.50 bits per heavy atom. The zero-order valence-electron chi connectivity index (χ0n) is 19.4. The minimum absolute atomic E-state index is 0.0610. The van der Waals surface area contributed by atoms with E-state index < -0.39 is 0 Å². The number of rotatable bonds is 8. The zero-order chi connectivity index (χ0) is 23.9. The van der Waals surface area contributed by atoms with E-state index in [-0.39, 0.29) is 24.3 Å². The lowest BCUT2D eigenvalue weighted by atomic mass is 10.0. The maximum absolute atomic E-state index is 13.2. The Morgan fingerprint density at radius 1 is 0.912 bits per heavy atom. The summed E-state index contributed by atoms with van der Waals surface area (Å²) in [6.07, 6.45) is 2.15. The predicted octanol–water partition coefficient (Wildman–Crippen LogP) is 4.77.